The molecule has 2 rings (SSSR count). The number of nitrogens with zero attached hydrogens (tertiary/aromatic N) is 2. The van der Waals surface area contributed by atoms with Crippen LogP contribution in [0.1, 0.15) is 33.6 Å². The molecule has 0 aromatic heterocycles. The number of hydrogen-bond acceptors (Lipinski definition) is 4. The van der Waals surface area contributed by atoms with E-state index in [1.54, 1.807) is 0 Å². The minimum atomic E-state index is 0.434. The van der Waals surface area contributed by atoms with Crippen molar-refractivity contribution in [2.75, 3.05) is 46.3 Å². The van der Waals surface area contributed by atoms with E-state index in [4.69, 9.17) is 4.74 Å². The fourth-order valence-corrected chi connectivity index (χ4v) is 3.18. The summed E-state index contributed by atoms with van der Waals surface area (Å²) in [6.07, 6.45) is 3.34. The van der Waals surface area contributed by atoms with E-state index in [2.05, 4.69) is 42.9 Å². The van der Waals surface area contributed by atoms with Crippen molar-refractivity contribution < 1.29 is 4.74 Å². The first-order valence-electron chi connectivity index (χ1n) is 8.33. The van der Waals surface area contributed by atoms with E-state index in [1.807, 2.05) is 0 Å². The molecule has 0 aliphatic carbocycles. The largest absolute Gasteiger partial charge is 0.372 e. The average molecular weight is 283 g/mol. The lowest BCUT2D eigenvalue weighted by Crippen LogP contribution is -2.51. The van der Waals surface area contributed by atoms with E-state index in [-0.39, 0.29) is 0 Å². The van der Waals surface area contributed by atoms with Gasteiger partial charge in [-0.1, -0.05) is 13.8 Å². The van der Waals surface area contributed by atoms with E-state index in [0.717, 1.165) is 25.6 Å². The van der Waals surface area contributed by atoms with Gasteiger partial charge in [0.1, 0.15) is 0 Å². The monoisotopic (exact) mass is 283 g/mol. The molecule has 1 N–H and O–H groups in total. The van der Waals surface area contributed by atoms with Crippen LogP contribution in [-0.4, -0.2) is 74.4 Å². The number of piperazine rings is 1. The molecule has 3 atom stereocenters. The zero-order valence-corrected chi connectivity index (χ0v) is 13.8. The van der Waals surface area contributed by atoms with Crippen LogP contribution in [0.4, 0.5) is 0 Å². The molecule has 20 heavy (non-hydrogen) atoms. The maximum Gasteiger partial charge on any atom is 0.0707 e. The SMILES string of the molecule is CC(C)CNCC1CCC(CN2CCN(C)C(C)C2)O1. The third-order valence-corrected chi connectivity index (χ3v) is 4.63. The topological polar surface area (TPSA) is 27.7 Å². The summed E-state index contributed by atoms with van der Waals surface area (Å²) in [6, 6.07) is 0.675. The lowest BCUT2D eigenvalue weighted by molar-refractivity contribution is 0.00699. The highest BCUT2D eigenvalue weighted by Gasteiger charge is 2.28. The Morgan fingerprint density at radius 1 is 1.20 bits per heavy atom. The van der Waals surface area contributed by atoms with Gasteiger partial charge in [-0.3, -0.25) is 4.90 Å². The van der Waals surface area contributed by atoms with Crippen LogP contribution in [0.5, 0.6) is 0 Å². The summed E-state index contributed by atoms with van der Waals surface area (Å²) >= 11 is 0. The van der Waals surface area contributed by atoms with Gasteiger partial charge in [-0.05, 0) is 39.3 Å². The van der Waals surface area contributed by atoms with Crippen molar-refractivity contribution in [3.63, 3.8) is 0 Å². The van der Waals surface area contributed by atoms with Crippen molar-refractivity contribution in [3.8, 4) is 0 Å². The zero-order chi connectivity index (χ0) is 14.5. The first-order chi connectivity index (χ1) is 9.54. The normalized spacial score (nSPS) is 33.1. The standard InChI is InChI=1S/C16H33N3O/c1-13(2)9-17-10-15-5-6-16(20-15)12-19-8-7-18(4)14(3)11-19/h13-17H,5-12H2,1-4H3. The number of rotatable bonds is 6. The molecule has 3 unspecified atom stereocenters. The Morgan fingerprint density at radius 2 is 1.95 bits per heavy atom. The fourth-order valence-electron chi connectivity index (χ4n) is 3.18. The van der Waals surface area contributed by atoms with Crippen molar-refractivity contribution >= 4 is 0 Å². The van der Waals surface area contributed by atoms with Gasteiger partial charge in [0.25, 0.3) is 0 Å². The molecule has 0 aromatic carbocycles. The molecule has 118 valence electrons. The number of nitrogens with one attached hydrogen (secondary N) is 1. The summed E-state index contributed by atoms with van der Waals surface area (Å²) in [5, 5.41) is 3.52. The molecule has 0 bridgehead atoms. The Bertz CT molecular complexity index is 285. The lowest BCUT2D eigenvalue weighted by atomic mass is 10.1. The third kappa shape index (κ3) is 4.99. The van der Waals surface area contributed by atoms with Crippen LogP contribution >= 0.6 is 0 Å². The smallest absolute Gasteiger partial charge is 0.0707 e. The van der Waals surface area contributed by atoms with Gasteiger partial charge in [-0.15, -0.1) is 0 Å². The molecule has 2 fully saturated rings. The molecule has 0 aromatic rings. The second-order valence-electron chi connectivity index (χ2n) is 7.10. The lowest BCUT2D eigenvalue weighted by Gasteiger charge is -2.38. The number of hydrogen-bond donors (Lipinski definition) is 1. The third-order valence-electron chi connectivity index (χ3n) is 4.63. The molecule has 4 nitrogen and oxygen atoms in total. The van der Waals surface area contributed by atoms with Crippen LogP contribution in [0.3, 0.4) is 0 Å². The highest BCUT2D eigenvalue weighted by molar-refractivity contribution is 4.82. The summed E-state index contributed by atoms with van der Waals surface area (Å²) in [4.78, 5) is 5.03. The molecule has 4 heteroatoms. The fraction of sp³-hybridized carbons (Fsp3) is 1.00. The van der Waals surface area contributed by atoms with Gasteiger partial charge in [0, 0.05) is 38.8 Å². The Balaban J connectivity index is 1.63. The molecule has 0 spiro atoms. The van der Waals surface area contributed by atoms with E-state index >= 15 is 0 Å². The van der Waals surface area contributed by atoms with Crippen LogP contribution in [0, 0.1) is 5.92 Å². The van der Waals surface area contributed by atoms with Crippen LogP contribution in [-0.2, 0) is 4.74 Å². The molecular weight excluding hydrogens is 250 g/mol. The van der Waals surface area contributed by atoms with Crippen LogP contribution in [0.2, 0.25) is 0 Å². The highest BCUT2D eigenvalue weighted by atomic mass is 16.5. The molecule has 2 aliphatic heterocycles. The summed E-state index contributed by atoms with van der Waals surface area (Å²) in [6.45, 7) is 13.6. The Labute approximate surface area is 124 Å². The van der Waals surface area contributed by atoms with Gasteiger partial charge in [0.2, 0.25) is 0 Å². The molecule has 2 saturated heterocycles. The Hall–Kier alpha value is -0.160. The molecule has 0 saturated carbocycles. The predicted octanol–water partition coefficient (Wildman–Crippen LogP) is 1.42. The quantitative estimate of drug-likeness (QED) is 0.798. The van der Waals surface area contributed by atoms with E-state index in [9.17, 15) is 0 Å². The second-order valence-corrected chi connectivity index (χ2v) is 7.10. The van der Waals surface area contributed by atoms with Gasteiger partial charge < -0.3 is 15.0 Å². The summed E-state index contributed by atoms with van der Waals surface area (Å²) < 4.78 is 6.19. The second kappa shape index (κ2) is 7.74. The number of ether oxygens (including phenoxy) is 1. The summed E-state index contributed by atoms with van der Waals surface area (Å²) in [7, 11) is 2.23. The molecule has 0 amide bonds. The van der Waals surface area contributed by atoms with E-state index < -0.39 is 0 Å². The van der Waals surface area contributed by atoms with Crippen molar-refractivity contribution in [3.05, 3.63) is 0 Å². The Morgan fingerprint density at radius 3 is 2.65 bits per heavy atom. The molecular formula is C16H33N3O. The summed E-state index contributed by atoms with van der Waals surface area (Å²) in [5.74, 6) is 0.721. The summed E-state index contributed by atoms with van der Waals surface area (Å²) in [5.41, 5.74) is 0. The minimum absolute atomic E-state index is 0.434. The van der Waals surface area contributed by atoms with Crippen molar-refractivity contribution in [2.45, 2.75) is 51.9 Å². The molecule has 2 heterocycles. The van der Waals surface area contributed by atoms with Gasteiger partial charge in [-0.25, -0.2) is 0 Å². The maximum atomic E-state index is 6.19. The van der Waals surface area contributed by atoms with E-state index in [1.165, 1.54) is 32.5 Å². The van der Waals surface area contributed by atoms with Crippen molar-refractivity contribution in [1.82, 2.24) is 15.1 Å². The van der Waals surface area contributed by atoms with Crippen LogP contribution in [0.25, 0.3) is 0 Å². The van der Waals surface area contributed by atoms with Crippen LogP contribution < -0.4 is 5.32 Å². The van der Waals surface area contributed by atoms with Crippen LogP contribution in [0.15, 0.2) is 0 Å². The van der Waals surface area contributed by atoms with Crippen molar-refractivity contribution in [1.29, 1.82) is 0 Å². The predicted molar refractivity (Wildman–Crippen MR) is 84.1 cm³/mol. The van der Waals surface area contributed by atoms with Crippen molar-refractivity contribution in [2.24, 2.45) is 5.92 Å². The molecule has 2 aliphatic rings. The van der Waals surface area contributed by atoms with Gasteiger partial charge in [0.15, 0.2) is 0 Å². The number of likely N-dealkylation sites (N-methyl/N-ethyl adjacent to an activating group) is 1. The average Bonchev–Trinajstić information content (AvgIpc) is 2.81. The Kier molecular flexibility index (Phi) is 6.27. The van der Waals surface area contributed by atoms with E-state index in [0.29, 0.717) is 18.2 Å². The molecule has 0 radical (unpaired) electrons. The van der Waals surface area contributed by atoms with Gasteiger partial charge >= 0.3 is 0 Å². The first-order valence-corrected chi connectivity index (χ1v) is 8.33. The van der Waals surface area contributed by atoms with Gasteiger partial charge in [0.05, 0.1) is 12.2 Å². The zero-order valence-electron chi connectivity index (χ0n) is 13.8. The maximum absolute atomic E-state index is 6.19. The first kappa shape index (κ1) is 16.2. The highest BCUT2D eigenvalue weighted by Crippen LogP contribution is 2.21. The minimum Gasteiger partial charge on any atom is -0.372 e. The van der Waals surface area contributed by atoms with Gasteiger partial charge in [-0.2, -0.15) is 0 Å².